The Hall–Kier alpha value is -2.36. The van der Waals surface area contributed by atoms with Crippen LogP contribution in [0.5, 0.6) is 5.75 Å². The van der Waals surface area contributed by atoms with Crippen molar-refractivity contribution in [1.29, 1.82) is 0 Å². The maximum Gasteiger partial charge on any atom is 0.425 e. The lowest BCUT2D eigenvalue weighted by Gasteiger charge is -2.41. The van der Waals surface area contributed by atoms with Gasteiger partial charge in [-0.1, -0.05) is 26.0 Å². The summed E-state index contributed by atoms with van der Waals surface area (Å²) in [6.07, 6.45) is 0.312. The van der Waals surface area contributed by atoms with Gasteiger partial charge in [0.25, 0.3) is 5.91 Å². The highest BCUT2D eigenvalue weighted by molar-refractivity contribution is 5.96. The molecule has 9 heteroatoms. The summed E-state index contributed by atoms with van der Waals surface area (Å²) in [5.74, 6) is 0.505. The van der Waals surface area contributed by atoms with E-state index < -0.39 is 17.4 Å². The summed E-state index contributed by atoms with van der Waals surface area (Å²) < 4.78 is 22.5. The van der Waals surface area contributed by atoms with Crippen molar-refractivity contribution in [3.8, 4) is 5.75 Å². The first kappa shape index (κ1) is 29.9. The summed E-state index contributed by atoms with van der Waals surface area (Å²) in [4.78, 5) is 26.3. The molecule has 1 N–H and O–H groups in total. The number of nitrogens with zero attached hydrogens (tertiary/aromatic N) is 2. The third kappa shape index (κ3) is 8.94. The Morgan fingerprint density at radius 1 is 1.19 bits per heavy atom. The first-order valence-corrected chi connectivity index (χ1v) is 12.8. The van der Waals surface area contributed by atoms with Crippen LogP contribution in [0.1, 0.15) is 65.2 Å². The minimum absolute atomic E-state index is 0.0207. The molecule has 1 fully saturated rings. The molecule has 1 aliphatic heterocycles. The van der Waals surface area contributed by atoms with Crippen molar-refractivity contribution in [2.75, 3.05) is 46.6 Å². The summed E-state index contributed by atoms with van der Waals surface area (Å²) in [5, 5.41) is 6.61. The summed E-state index contributed by atoms with van der Waals surface area (Å²) in [5.41, 5.74) is -0.787. The highest BCUT2D eigenvalue weighted by atomic mass is 16.6. The van der Waals surface area contributed by atoms with Crippen molar-refractivity contribution in [1.82, 2.24) is 15.3 Å². The molecule has 1 saturated heterocycles. The van der Waals surface area contributed by atoms with Gasteiger partial charge in [-0.25, -0.2) is 9.80 Å². The van der Waals surface area contributed by atoms with E-state index in [2.05, 4.69) is 19.2 Å². The molecule has 0 radical (unpaired) electrons. The van der Waals surface area contributed by atoms with E-state index in [9.17, 15) is 9.59 Å². The third-order valence-electron chi connectivity index (χ3n) is 6.03. The maximum absolute atomic E-state index is 13.2. The fraction of sp³-hybridized carbons (Fsp3) is 0.704. The molecule has 0 aromatic heterocycles. The van der Waals surface area contributed by atoms with Crippen molar-refractivity contribution < 1.29 is 28.5 Å². The van der Waals surface area contributed by atoms with Gasteiger partial charge in [-0.3, -0.25) is 4.79 Å². The predicted octanol–water partition coefficient (Wildman–Crippen LogP) is 4.32. The van der Waals surface area contributed by atoms with Crippen LogP contribution in [-0.4, -0.2) is 79.9 Å². The number of carbonyl (C=O) groups excluding carboxylic acids is 2. The number of nitrogens with one attached hydrogen (secondary N) is 1. The van der Waals surface area contributed by atoms with Crippen LogP contribution in [-0.2, 0) is 14.2 Å². The van der Waals surface area contributed by atoms with E-state index in [-0.39, 0.29) is 17.7 Å². The van der Waals surface area contributed by atoms with Crippen molar-refractivity contribution in [3.63, 3.8) is 0 Å². The first-order valence-electron chi connectivity index (χ1n) is 12.8. The lowest BCUT2D eigenvalue weighted by molar-refractivity contribution is -0.153. The molecule has 2 amide bonds. The third-order valence-corrected chi connectivity index (χ3v) is 6.03. The number of amides is 2. The molecule has 2 rings (SSSR count). The molecule has 0 spiro atoms. The van der Waals surface area contributed by atoms with Gasteiger partial charge in [0.15, 0.2) is 0 Å². The minimum Gasteiger partial charge on any atom is -0.493 e. The number of para-hydroxylation sites is 1. The van der Waals surface area contributed by atoms with Gasteiger partial charge in [-0.2, -0.15) is 5.01 Å². The Morgan fingerprint density at radius 3 is 2.47 bits per heavy atom. The highest BCUT2D eigenvalue weighted by Gasteiger charge is 2.41. The summed E-state index contributed by atoms with van der Waals surface area (Å²) in [7, 11) is 1.65. The molecule has 1 aliphatic rings. The zero-order valence-electron chi connectivity index (χ0n) is 23.3. The number of carbonyl (C=O) groups is 2. The number of hydrazine groups is 1. The lowest BCUT2D eigenvalue weighted by Crippen LogP contribution is -2.57. The van der Waals surface area contributed by atoms with E-state index in [1.165, 1.54) is 0 Å². The number of benzene rings is 1. The summed E-state index contributed by atoms with van der Waals surface area (Å²) >= 11 is 0. The molecule has 1 heterocycles. The number of hydrogen-bond acceptors (Lipinski definition) is 7. The predicted molar refractivity (Wildman–Crippen MR) is 139 cm³/mol. The molecule has 1 atom stereocenters. The SMILES string of the molecule is COCCCOc1ccccc1C(=O)NC[C@@H](CN(C(=O)OC(C)(C)C)N1CCOC1(C)C)C(C)C. The second-order valence-electron chi connectivity index (χ2n) is 10.9. The Bertz CT molecular complexity index is 852. The molecular formula is C27H45N3O6. The highest BCUT2D eigenvalue weighted by Crippen LogP contribution is 2.28. The smallest absolute Gasteiger partial charge is 0.425 e. The fourth-order valence-electron chi connectivity index (χ4n) is 3.94. The zero-order valence-corrected chi connectivity index (χ0v) is 23.3. The minimum atomic E-state index is -0.638. The lowest BCUT2D eigenvalue weighted by atomic mass is 9.95. The van der Waals surface area contributed by atoms with Gasteiger partial charge in [0, 0.05) is 39.8 Å². The molecule has 9 nitrogen and oxygen atoms in total. The molecule has 0 bridgehead atoms. The van der Waals surface area contributed by atoms with Crippen molar-refractivity contribution in [3.05, 3.63) is 29.8 Å². The molecule has 1 aromatic carbocycles. The van der Waals surface area contributed by atoms with Crippen LogP contribution in [0.2, 0.25) is 0 Å². The van der Waals surface area contributed by atoms with Crippen LogP contribution >= 0.6 is 0 Å². The number of rotatable bonds is 12. The molecule has 204 valence electrons. The fourth-order valence-corrected chi connectivity index (χ4v) is 3.94. The monoisotopic (exact) mass is 507 g/mol. The number of hydrogen-bond donors (Lipinski definition) is 1. The largest absolute Gasteiger partial charge is 0.493 e. The van der Waals surface area contributed by atoms with E-state index in [1.807, 2.05) is 51.8 Å². The van der Waals surface area contributed by atoms with Crippen molar-refractivity contribution in [2.24, 2.45) is 11.8 Å². The quantitative estimate of drug-likeness (QED) is 0.421. The second kappa shape index (κ2) is 13.3. The van der Waals surface area contributed by atoms with Crippen LogP contribution in [0.25, 0.3) is 0 Å². The Labute approximate surface area is 216 Å². The Morgan fingerprint density at radius 2 is 1.89 bits per heavy atom. The van der Waals surface area contributed by atoms with Gasteiger partial charge in [0.1, 0.15) is 17.1 Å². The van der Waals surface area contributed by atoms with E-state index in [0.717, 1.165) is 6.42 Å². The maximum atomic E-state index is 13.2. The molecule has 0 aliphatic carbocycles. The average molecular weight is 508 g/mol. The number of ether oxygens (including phenoxy) is 4. The van der Waals surface area contributed by atoms with Gasteiger partial charge in [-0.15, -0.1) is 0 Å². The molecule has 1 aromatic rings. The van der Waals surface area contributed by atoms with Gasteiger partial charge in [-0.05, 0) is 58.6 Å². The molecule has 0 unspecified atom stereocenters. The van der Waals surface area contributed by atoms with Crippen LogP contribution in [0, 0.1) is 11.8 Å². The van der Waals surface area contributed by atoms with Crippen LogP contribution < -0.4 is 10.1 Å². The molecular weight excluding hydrogens is 462 g/mol. The number of methoxy groups -OCH3 is 1. The zero-order chi connectivity index (χ0) is 26.9. The first-order chi connectivity index (χ1) is 16.9. The van der Waals surface area contributed by atoms with E-state index in [1.54, 1.807) is 24.3 Å². The van der Waals surface area contributed by atoms with E-state index in [0.29, 0.717) is 50.8 Å². The Balaban J connectivity index is 2.13. The Kier molecular flexibility index (Phi) is 11.0. The van der Waals surface area contributed by atoms with Gasteiger partial charge < -0.3 is 24.3 Å². The second-order valence-corrected chi connectivity index (χ2v) is 10.9. The van der Waals surface area contributed by atoms with Gasteiger partial charge in [0.05, 0.1) is 18.8 Å². The summed E-state index contributed by atoms with van der Waals surface area (Å²) in [6.45, 7) is 16.5. The van der Waals surface area contributed by atoms with Crippen molar-refractivity contribution >= 4 is 12.0 Å². The average Bonchev–Trinajstić information content (AvgIpc) is 3.14. The molecule has 0 saturated carbocycles. The van der Waals surface area contributed by atoms with Gasteiger partial charge >= 0.3 is 6.09 Å². The van der Waals surface area contributed by atoms with Gasteiger partial charge in [0.2, 0.25) is 0 Å². The van der Waals surface area contributed by atoms with Crippen LogP contribution in [0.3, 0.4) is 0 Å². The topological polar surface area (TPSA) is 89.6 Å². The van der Waals surface area contributed by atoms with Crippen molar-refractivity contribution in [2.45, 2.75) is 66.2 Å². The standard InChI is InChI=1S/C27H45N3O6/c1-20(2)21(18-28-24(31)22-12-9-10-13-23(22)34-16-11-15-33-8)19-29(25(32)36-26(3,4)5)30-14-17-35-27(30,6)7/h9-10,12-13,20-21H,11,14-19H2,1-8H3,(H,28,31)/t21-/m0/s1. The van der Waals surface area contributed by atoms with Crippen LogP contribution in [0.15, 0.2) is 24.3 Å². The normalized spacial score (nSPS) is 16.6. The van der Waals surface area contributed by atoms with Crippen LogP contribution in [0.4, 0.5) is 4.79 Å². The summed E-state index contributed by atoms with van der Waals surface area (Å²) in [6, 6.07) is 7.21. The van der Waals surface area contributed by atoms with E-state index >= 15 is 0 Å². The molecule has 36 heavy (non-hydrogen) atoms. The van der Waals surface area contributed by atoms with E-state index in [4.69, 9.17) is 18.9 Å².